The summed E-state index contributed by atoms with van der Waals surface area (Å²) in [6.07, 6.45) is 1.58. The van der Waals surface area contributed by atoms with Crippen LogP contribution < -0.4 is 10.6 Å². The standard InChI is InChI=1S/C21H22F2N4O.HI/c1-3-24-21(26-14(2)16-9-10-18(22)19(23)11-16)25-12-17-13-28-20(27-17)15-7-5-4-6-8-15;/h4-11,13-14H,3,12H2,1-2H3,(H2,24,25,26);1H. The lowest BCUT2D eigenvalue weighted by Crippen LogP contribution is -2.38. The predicted octanol–water partition coefficient (Wildman–Crippen LogP) is 5.05. The van der Waals surface area contributed by atoms with E-state index in [1.54, 1.807) is 12.3 Å². The molecule has 0 radical (unpaired) electrons. The Hall–Kier alpha value is -2.49. The molecule has 0 spiro atoms. The van der Waals surface area contributed by atoms with E-state index < -0.39 is 11.6 Å². The van der Waals surface area contributed by atoms with Crippen molar-refractivity contribution in [3.8, 4) is 11.5 Å². The molecule has 0 fully saturated rings. The Morgan fingerprint density at radius 1 is 1.14 bits per heavy atom. The third-order valence-electron chi connectivity index (χ3n) is 4.11. The zero-order chi connectivity index (χ0) is 19.9. The van der Waals surface area contributed by atoms with Crippen LogP contribution in [0.25, 0.3) is 11.5 Å². The molecule has 0 aliphatic rings. The van der Waals surface area contributed by atoms with Gasteiger partial charge in [-0.1, -0.05) is 24.3 Å². The van der Waals surface area contributed by atoms with Gasteiger partial charge in [-0.05, 0) is 43.7 Å². The average molecular weight is 512 g/mol. The van der Waals surface area contributed by atoms with E-state index in [2.05, 4.69) is 20.6 Å². The van der Waals surface area contributed by atoms with Gasteiger partial charge < -0.3 is 15.1 Å². The Morgan fingerprint density at radius 2 is 1.90 bits per heavy atom. The van der Waals surface area contributed by atoms with Gasteiger partial charge in [0.05, 0.1) is 12.6 Å². The van der Waals surface area contributed by atoms with Crippen LogP contribution in [0.2, 0.25) is 0 Å². The average Bonchev–Trinajstić information content (AvgIpc) is 3.18. The predicted molar refractivity (Wildman–Crippen MR) is 120 cm³/mol. The van der Waals surface area contributed by atoms with Crippen molar-refractivity contribution in [1.82, 2.24) is 15.6 Å². The first-order valence-electron chi connectivity index (χ1n) is 9.06. The number of nitrogens with zero attached hydrogens (tertiary/aromatic N) is 2. The van der Waals surface area contributed by atoms with Gasteiger partial charge in [0, 0.05) is 12.1 Å². The number of benzene rings is 2. The van der Waals surface area contributed by atoms with Gasteiger partial charge in [-0.2, -0.15) is 0 Å². The molecule has 1 unspecified atom stereocenters. The van der Waals surface area contributed by atoms with Gasteiger partial charge in [-0.15, -0.1) is 24.0 Å². The van der Waals surface area contributed by atoms with Crippen LogP contribution in [0.1, 0.15) is 31.1 Å². The number of hydrogen-bond acceptors (Lipinski definition) is 3. The minimum atomic E-state index is -0.871. The second-order valence-corrected chi connectivity index (χ2v) is 6.24. The maximum atomic E-state index is 13.5. The maximum Gasteiger partial charge on any atom is 0.226 e. The largest absolute Gasteiger partial charge is 0.444 e. The fraction of sp³-hybridized carbons (Fsp3) is 0.238. The lowest BCUT2D eigenvalue weighted by atomic mass is 10.1. The topological polar surface area (TPSA) is 62.5 Å². The van der Waals surface area contributed by atoms with Crippen LogP contribution in [0.5, 0.6) is 0 Å². The van der Waals surface area contributed by atoms with Crippen LogP contribution in [0.15, 0.2) is 64.2 Å². The summed E-state index contributed by atoms with van der Waals surface area (Å²) in [5, 5.41) is 6.31. The molecule has 0 saturated carbocycles. The van der Waals surface area contributed by atoms with Crippen LogP contribution in [0.3, 0.4) is 0 Å². The molecule has 5 nitrogen and oxygen atoms in total. The molecule has 3 rings (SSSR count). The van der Waals surface area contributed by atoms with Gasteiger partial charge in [0.1, 0.15) is 12.0 Å². The smallest absolute Gasteiger partial charge is 0.226 e. The quantitative estimate of drug-likeness (QED) is 0.276. The van der Waals surface area contributed by atoms with Crippen molar-refractivity contribution in [3.05, 3.63) is 77.7 Å². The molecular weight excluding hydrogens is 489 g/mol. The summed E-state index contributed by atoms with van der Waals surface area (Å²) >= 11 is 0. The van der Waals surface area contributed by atoms with Gasteiger partial charge >= 0.3 is 0 Å². The molecule has 2 aromatic carbocycles. The van der Waals surface area contributed by atoms with Crippen LogP contribution in [-0.2, 0) is 6.54 Å². The summed E-state index contributed by atoms with van der Waals surface area (Å²) in [4.78, 5) is 8.95. The minimum absolute atomic E-state index is 0. The number of aromatic nitrogens is 1. The first-order chi connectivity index (χ1) is 13.6. The van der Waals surface area contributed by atoms with E-state index in [0.717, 1.165) is 11.6 Å². The molecule has 1 aromatic heterocycles. The summed E-state index contributed by atoms with van der Waals surface area (Å²) < 4.78 is 32.1. The molecule has 0 amide bonds. The van der Waals surface area contributed by atoms with Crippen molar-refractivity contribution < 1.29 is 13.2 Å². The number of oxazole rings is 1. The lowest BCUT2D eigenvalue weighted by molar-refractivity contribution is 0.504. The van der Waals surface area contributed by atoms with Crippen LogP contribution >= 0.6 is 24.0 Å². The van der Waals surface area contributed by atoms with Crippen molar-refractivity contribution in [2.45, 2.75) is 26.4 Å². The van der Waals surface area contributed by atoms with E-state index >= 15 is 0 Å². The molecule has 0 saturated heterocycles. The fourth-order valence-corrected chi connectivity index (χ4v) is 2.64. The van der Waals surface area contributed by atoms with E-state index in [9.17, 15) is 8.78 Å². The molecule has 0 bridgehead atoms. The third kappa shape index (κ3) is 6.25. The molecule has 0 aliphatic carbocycles. The highest BCUT2D eigenvalue weighted by atomic mass is 127. The molecule has 1 atom stereocenters. The van der Waals surface area contributed by atoms with Crippen molar-refractivity contribution in [2.24, 2.45) is 4.99 Å². The monoisotopic (exact) mass is 512 g/mol. The zero-order valence-corrected chi connectivity index (χ0v) is 18.5. The Bertz CT molecular complexity index is 947. The lowest BCUT2D eigenvalue weighted by Gasteiger charge is -2.18. The minimum Gasteiger partial charge on any atom is -0.444 e. The molecular formula is C21H23F2IN4O. The first-order valence-corrected chi connectivity index (χ1v) is 9.06. The Balaban J connectivity index is 0.00000300. The van der Waals surface area contributed by atoms with Crippen molar-refractivity contribution in [1.29, 1.82) is 0 Å². The van der Waals surface area contributed by atoms with E-state index in [1.165, 1.54) is 6.07 Å². The number of hydrogen-bond donors (Lipinski definition) is 2. The Morgan fingerprint density at radius 3 is 2.59 bits per heavy atom. The van der Waals surface area contributed by atoms with Gasteiger partial charge in [0.25, 0.3) is 0 Å². The van der Waals surface area contributed by atoms with Gasteiger partial charge in [0.15, 0.2) is 17.6 Å². The molecule has 1 heterocycles. The Kier molecular flexibility index (Phi) is 8.56. The third-order valence-corrected chi connectivity index (χ3v) is 4.11. The van der Waals surface area contributed by atoms with E-state index in [1.807, 2.05) is 44.2 Å². The normalized spacial score (nSPS) is 12.2. The number of guanidine groups is 1. The summed E-state index contributed by atoms with van der Waals surface area (Å²) in [7, 11) is 0. The Labute approximate surface area is 185 Å². The number of halogens is 3. The van der Waals surface area contributed by atoms with E-state index in [4.69, 9.17) is 4.42 Å². The second kappa shape index (κ2) is 10.9. The van der Waals surface area contributed by atoms with E-state index in [0.29, 0.717) is 36.2 Å². The van der Waals surface area contributed by atoms with Crippen molar-refractivity contribution in [3.63, 3.8) is 0 Å². The SMILES string of the molecule is CCNC(=NCc1coc(-c2ccccc2)n1)NC(C)c1ccc(F)c(F)c1.I. The summed E-state index contributed by atoms with van der Waals surface area (Å²) in [6, 6.07) is 13.2. The fourth-order valence-electron chi connectivity index (χ4n) is 2.64. The highest BCUT2D eigenvalue weighted by Gasteiger charge is 2.11. The molecule has 29 heavy (non-hydrogen) atoms. The van der Waals surface area contributed by atoms with Crippen LogP contribution in [0, 0.1) is 11.6 Å². The molecule has 3 aromatic rings. The maximum absolute atomic E-state index is 13.5. The zero-order valence-electron chi connectivity index (χ0n) is 16.2. The van der Waals surface area contributed by atoms with Gasteiger partial charge in [-0.3, -0.25) is 0 Å². The van der Waals surface area contributed by atoms with Crippen LogP contribution in [0.4, 0.5) is 8.78 Å². The second-order valence-electron chi connectivity index (χ2n) is 6.24. The number of rotatable bonds is 6. The molecule has 0 aliphatic heterocycles. The van der Waals surface area contributed by atoms with E-state index in [-0.39, 0.29) is 30.0 Å². The van der Waals surface area contributed by atoms with Gasteiger partial charge in [-0.25, -0.2) is 18.8 Å². The molecule has 2 N–H and O–H groups in total. The van der Waals surface area contributed by atoms with Crippen molar-refractivity contribution >= 4 is 29.9 Å². The van der Waals surface area contributed by atoms with Gasteiger partial charge in [0.2, 0.25) is 5.89 Å². The summed E-state index contributed by atoms with van der Waals surface area (Å²) in [5.41, 5.74) is 2.21. The molecule has 8 heteroatoms. The highest BCUT2D eigenvalue weighted by Crippen LogP contribution is 2.18. The molecule has 154 valence electrons. The first kappa shape index (κ1) is 22.8. The van der Waals surface area contributed by atoms with Crippen LogP contribution in [-0.4, -0.2) is 17.5 Å². The number of nitrogens with one attached hydrogen (secondary N) is 2. The summed E-state index contributed by atoms with van der Waals surface area (Å²) in [6.45, 7) is 4.77. The van der Waals surface area contributed by atoms with Crippen molar-refractivity contribution in [2.75, 3.05) is 6.54 Å². The highest BCUT2D eigenvalue weighted by molar-refractivity contribution is 14.0. The summed E-state index contributed by atoms with van der Waals surface area (Å²) in [5.74, 6) is -0.649. The number of aliphatic imine (C=N–C) groups is 1.